The van der Waals surface area contributed by atoms with E-state index < -0.39 is 20.0 Å². The standard InChI is InChI=1S/2C9H11.C2H4.ClH.Hf/c2*1-2-5-9-7-3-6-8(9)4-1;1-2;;/h2*3,6-7H,1-2,4-5H2;1-2H2;1H;. The Morgan fingerprint density at radius 3 is 1.59 bits per heavy atom. The van der Waals surface area contributed by atoms with Gasteiger partial charge in [0.15, 0.2) is 0 Å². The van der Waals surface area contributed by atoms with Crippen molar-refractivity contribution in [3.63, 3.8) is 0 Å². The van der Waals surface area contributed by atoms with Crippen LogP contribution in [0.1, 0.15) is 51.4 Å². The smallest absolute Gasteiger partial charge is 0.147 e. The Kier molecular flexibility index (Phi) is 4.18. The largest absolute Gasteiger partial charge is 0.147 e. The monoisotopic (exact) mass is 482 g/mol. The molecular weight excluding hydrogens is 454 g/mol. The normalized spacial score (nSPS) is 34.5. The van der Waals surface area contributed by atoms with Crippen molar-refractivity contribution in [1.29, 1.82) is 0 Å². The van der Waals surface area contributed by atoms with Crippen molar-refractivity contribution >= 4 is 12.4 Å². The molecule has 2 unspecified atom stereocenters. The van der Waals surface area contributed by atoms with Crippen molar-refractivity contribution in [2.45, 2.75) is 67.1 Å². The van der Waals surface area contributed by atoms with Gasteiger partial charge in [-0.25, -0.2) is 0 Å². The van der Waals surface area contributed by atoms with Crippen molar-refractivity contribution in [3.8, 4) is 0 Å². The van der Waals surface area contributed by atoms with E-state index in [9.17, 15) is 0 Å². The third-order valence-corrected chi connectivity index (χ3v) is 25.6. The van der Waals surface area contributed by atoms with Crippen LogP contribution in [0, 0.1) is 0 Å². The van der Waals surface area contributed by atoms with Gasteiger partial charge in [0, 0.05) is 0 Å². The summed E-state index contributed by atoms with van der Waals surface area (Å²) in [6, 6.07) is 0. The van der Waals surface area contributed by atoms with E-state index in [2.05, 4.69) is 24.3 Å². The van der Waals surface area contributed by atoms with Crippen LogP contribution in [-0.2, 0) is 20.0 Å². The molecule has 1 heterocycles. The van der Waals surface area contributed by atoms with E-state index >= 15 is 0 Å². The fraction of sp³-hybridized carbons (Fsp3) is 0.600. The van der Waals surface area contributed by atoms with E-state index in [1.165, 1.54) is 51.4 Å². The second-order valence-corrected chi connectivity index (χ2v) is 24.8. The summed E-state index contributed by atoms with van der Waals surface area (Å²) >= 11 is -2.10. The van der Waals surface area contributed by atoms with Gasteiger partial charge >= 0.3 is 134 Å². The van der Waals surface area contributed by atoms with Crippen molar-refractivity contribution in [3.05, 3.63) is 46.6 Å². The van der Waals surface area contributed by atoms with E-state index in [0.29, 0.717) is 0 Å². The van der Waals surface area contributed by atoms with Gasteiger partial charge in [0.05, 0.1) is 0 Å². The SMILES string of the molecule is C1=C[CH]([Hf]2([CH]3C=CC4=C3CCCC4)[CH2][CH2]2)C2=C1CCCC2.Cl. The Morgan fingerprint density at radius 2 is 1.14 bits per heavy atom. The van der Waals surface area contributed by atoms with Gasteiger partial charge in [0.1, 0.15) is 0 Å². The molecule has 0 bridgehead atoms. The van der Waals surface area contributed by atoms with Gasteiger partial charge in [-0.1, -0.05) is 0 Å². The predicted molar refractivity (Wildman–Crippen MR) is 93.6 cm³/mol. The van der Waals surface area contributed by atoms with Crippen molar-refractivity contribution < 1.29 is 20.0 Å². The Balaban J connectivity index is 0.00000125. The first-order valence-electron chi connectivity index (χ1n) is 9.19. The molecule has 0 amide bonds. The van der Waals surface area contributed by atoms with Gasteiger partial charge in [-0.2, -0.15) is 0 Å². The molecule has 0 spiro atoms. The molecule has 4 aliphatic carbocycles. The summed E-state index contributed by atoms with van der Waals surface area (Å²) in [7, 11) is 0. The molecule has 2 atom stereocenters. The fourth-order valence-electron chi connectivity index (χ4n) is 5.69. The molecule has 1 fully saturated rings. The van der Waals surface area contributed by atoms with Gasteiger partial charge in [0.2, 0.25) is 0 Å². The van der Waals surface area contributed by atoms with Crippen LogP contribution in [0.15, 0.2) is 46.6 Å². The maximum absolute atomic E-state index is 2.69. The molecule has 2 heteroatoms. The van der Waals surface area contributed by atoms with Crippen LogP contribution in [0.4, 0.5) is 0 Å². The third-order valence-electron chi connectivity index (χ3n) is 6.91. The zero-order valence-corrected chi connectivity index (χ0v) is 17.9. The van der Waals surface area contributed by atoms with Crippen molar-refractivity contribution in [2.75, 3.05) is 0 Å². The maximum atomic E-state index is 2.69. The summed E-state index contributed by atoms with van der Waals surface area (Å²) in [6.45, 7) is 0. The van der Waals surface area contributed by atoms with Crippen LogP contribution < -0.4 is 0 Å². The zero-order chi connectivity index (χ0) is 13.9. The number of allylic oxidation sites excluding steroid dienone is 8. The summed E-state index contributed by atoms with van der Waals surface area (Å²) in [4.78, 5) is 0. The quantitative estimate of drug-likeness (QED) is 0.378. The molecule has 5 rings (SSSR count). The summed E-state index contributed by atoms with van der Waals surface area (Å²) in [5.74, 6) is 0. The van der Waals surface area contributed by atoms with Crippen LogP contribution >= 0.6 is 12.4 Å². The van der Waals surface area contributed by atoms with E-state index in [0.717, 1.165) is 7.35 Å². The van der Waals surface area contributed by atoms with Gasteiger partial charge in [-0.3, -0.25) is 0 Å². The molecule has 0 radical (unpaired) electrons. The predicted octanol–water partition coefficient (Wildman–Crippen LogP) is 6.87. The van der Waals surface area contributed by atoms with Crippen LogP contribution in [0.3, 0.4) is 0 Å². The van der Waals surface area contributed by atoms with Gasteiger partial charge in [0.25, 0.3) is 0 Å². The summed E-state index contributed by atoms with van der Waals surface area (Å²) in [5, 5.41) is 0. The Morgan fingerprint density at radius 1 is 0.682 bits per heavy atom. The molecule has 5 aliphatic rings. The number of hydrogen-bond acceptors (Lipinski definition) is 0. The van der Waals surface area contributed by atoms with Crippen LogP contribution in [0.25, 0.3) is 0 Å². The summed E-state index contributed by atoms with van der Waals surface area (Å²) in [6.07, 6.45) is 22.0. The van der Waals surface area contributed by atoms with Crippen LogP contribution in [0.5, 0.6) is 0 Å². The average Bonchev–Trinajstić information content (AvgIpc) is 3.03. The molecular formula is C20H27ClHf. The van der Waals surface area contributed by atoms with E-state index in [1.807, 2.05) is 11.1 Å². The Hall–Kier alpha value is 0.120. The zero-order valence-electron chi connectivity index (χ0n) is 13.4. The minimum absolute atomic E-state index is 0. The second kappa shape index (κ2) is 5.88. The van der Waals surface area contributed by atoms with Crippen molar-refractivity contribution in [1.82, 2.24) is 0 Å². The molecule has 0 aromatic rings. The fourth-order valence-corrected chi connectivity index (χ4v) is 31.9. The molecule has 118 valence electrons. The first-order valence-corrected chi connectivity index (χ1v) is 18.4. The Bertz CT molecular complexity index is 553. The van der Waals surface area contributed by atoms with Crippen LogP contribution in [0.2, 0.25) is 15.7 Å². The molecule has 0 nitrogen and oxygen atoms in total. The van der Waals surface area contributed by atoms with Gasteiger partial charge < -0.3 is 0 Å². The number of hydrogen-bond donors (Lipinski definition) is 0. The van der Waals surface area contributed by atoms with E-state index in [-0.39, 0.29) is 12.4 Å². The summed E-state index contributed by atoms with van der Waals surface area (Å²) < 4.78 is 5.39. The van der Waals surface area contributed by atoms with Gasteiger partial charge in [-0.05, 0) is 0 Å². The second-order valence-electron chi connectivity index (χ2n) is 7.92. The van der Waals surface area contributed by atoms with Crippen molar-refractivity contribution in [2.24, 2.45) is 0 Å². The molecule has 0 aromatic heterocycles. The molecule has 0 N–H and O–H groups in total. The summed E-state index contributed by atoms with van der Waals surface area (Å²) in [5.41, 5.74) is 7.44. The first kappa shape index (κ1) is 15.6. The topological polar surface area (TPSA) is 0 Å². The van der Waals surface area contributed by atoms with Gasteiger partial charge in [-0.15, -0.1) is 12.4 Å². The Labute approximate surface area is 145 Å². The van der Waals surface area contributed by atoms with E-state index in [1.54, 1.807) is 19.5 Å². The molecule has 22 heavy (non-hydrogen) atoms. The maximum Gasteiger partial charge on any atom is -0.147 e. The number of halogens is 1. The minimum atomic E-state index is -2.10. The molecule has 0 aromatic carbocycles. The molecule has 0 saturated carbocycles. The molecule has 1 saturated heterocycles. The number of rotatable bonds is 2. The molecule has 1 aliphatic heterocycles. The minimum Gasteiger partial charge on any atom is -0.147 e. The third kappa shape index (κ3) is 2.25. The first-order chi connectivity index (χ1) is 10.4. The average molecular weight is 481 g/mol. The van der Waals surface area contributed by atoms with E-state index in [4.69, 9.17) is 0 Å². The van der Waals surface area contributed by atoms with Crippen LogP contribution in [-0.4, -0.2) is 0 Å².